The number of halogens is 5. The minimum atomic E-state index is -4.57. The van der Waals surface area contributed by atoms with Crippen LogP contribution >= 0.6 is 23.2 Å². The Hall–Kier alpha value is -2.05. The summed E-state index contributed by atoms with van der Waals surface area (Å²) in [5.41, 5.74) is -1.74. The smallest absolute Gasteiger partial charge is 0.417 e. The van der Waals surface area contributed by atoms with Crippen LogP contribution in [-0.4, -0.2) is 4.98 Å². The van der Waals surface area contributed by atoms with Gasteiger partial charge < -0.3 is 4.42 Å². The first-order valence-electron chi connectivity index (χ1n) is 6.23. The van der Waals surface area contributed by atoms with E-state index < -0.39 is 17.4 Å². The summed E-state index contributed by atoms with van der Waals surface area (Å²) in [5.74, 6) is 0. The lowest BCUT2D eigenvalue weighted by atomic mass is 10.1. The molecule has 0 unspecified atom stereocenters. The molecule has 118 valence electrons. The third-order valence-corrected chi connectivity index (χ3v) is 3.72. The Kier molecular flexibility index (Phi) is 3.82. The fourth-order valence-electron chi connectivity index (χ4n) is 2.07. The summed E-state index contributed by atoms with van der Waals surface area (Å²) in [4.78, 5) is 15.7. The molecule has 0 aliphatic rings. The maximum Gasteiger partial charge on any atom is 0.417 e. The molecule has 0 N–H and O–H groups in total. The Labute approximate surface area is 137 Å². The van der Waals surface area contributed by atoms with Crippen molar-refractivity contribution in [3.8, 4) is 11.3 Å². The molecular weight excluding hydrogens is 354 g/mol. The number of fused-ring (bicyclic) bond motifs is 1. The topological polar surface area (TPSA) is 43.1 Å². The maximum atomic E-state index is 12.6. The van der Waals surface area contributed by atoms with Gasteiger partial charge in [0, 0.05) is 11.6 Å². The highest BCUT2D eigenvalue weighted by atomic mass is 35.5. The quantitative estimate of drug-likeness (QED) is 0.562. The molecule has 0 spiro atoms. The molecule has 0 aliphatic carbocycles. The summed E-state index contributed by atoms with van der Waals surface area (Å²) >= 11 is 11.8. The number of nitrogens with zero attached hydrogens (tertiary/aromatic N) is 1. The van der Waals surface area contributed by atoms with Crippen molar-refractivity contribution in [1.82, 2.24) is 4.98 Å². The van der Waals surface area contributed by atoms with Gasteiger partial charge in [0.05, 0.1) is 26.9 Å². The summed E-state index contributed by atoms with van der Waals surface area (Å²) < 4.78 is 43.0. The molecule has 0 radical (unpaired) electrons. The number of alkyl halides is 3. The average molecular weight is 360 g/mol. The van der Waals surface area contributed by atoms with Crippen molar-refractivity contribution in [1.29, 1.82) is 0 Å². The van der Waals surface area contributed by atoms with Crippen LogP contribution in [0.3, 0.4) is 0 Å². The maximum absolute atomic E-state index is 12.6. The third kappa shape index (κ3) is 2.92. The fraction of sp³-hybridized carbons (Fsp3) is 0.0667. The fourth-order valence-corrected chi connectivity index (χ4v) is 2.55. The monoisotopic (exact) mass is 359 g/mol. The summed E-state index contributed by atoms with van der Waals surface area (Å²) in [6.07, 6.45) is -3.96. The van der Waals surface area contributed by atoms with E-state index in [1.807, 2.05) is 0 Å². The molecular formula is C15H6Cl2F3NO2. The number of benzene rings is 1. The van der Waals surface area contributed by atoms with Crippen LogP contribution in [-0.2, 0) is 6.18 Å². The normalized spacial score (nSPS) is 11.9. The van der Waals surface area contributed by atoms with Gasteiger partial charge in [-0.1, -0.05) is 35.3 Å². The van der Waals surface area contributed by atoms with E-state index in [4.69, 9.17) is 27.6 Å². The first kappa shape index (κ1) is 15.8. The lowest BCUT2D eigenvalue weighted by molar-refractivity contribution is -0.137. The van der Waals surface area contributed by atoms with Crippen LogP contribution in [0.4, 0.5) is 13.2 Å². The van der Waals surface area contributed by atoms with Crippen molar-refractivity contribution in [2.45, 2.75) is 6.18 Å². The van der Waals surface area contributed by atoms with Gasteiger partial charge in [-0.15, -0.1) is 0 Å². The Bertz CT molecular complexity index is 967. The van der Waals surface area contributed by atoms with Crippen LogP contribution in [0, 0.1) is 0 Å². The van der Waals surface area contributed by atoms with Crippen LogP contribution in [0.25, 0.3) is 22.2 Å². The van der Waals surface area contributed by atoms with Gasteiger partial charge in [-0.2, -0.15) is 13.2 Å². The van der Waals surface area contributed by atoms with E-state index >= 15 is 0 Å². The molecule has 23 heavy (non-hydrogen) atoms. The Balaban J connectivity index is 2.21. The van der Waals surface area contributed by atoms with Crippen LogP contribution < -0.4 is 5.63 Å². The van der Waals surface area contributed by atoms with Crippen molar-refractivity contribution in [3.63, 3.8) is 0 Å². The zero-order chi connectivity index (χ0) is 16.8. The second kappa shape index (κ2) is 5.54. The van der Waals surface area contributed by atoms with Crippen molar-refractivity contribution in [2.75, 3.05) is 0 Å². The third-order valence-electron chi connectivity index (χ3n) is 3.14. The number of hydrogen-bond acceptors (Lipinski definition) is 3. The van der Waals surface area contributed by atoms with Crippen molar-refractivity contribution in [3.05, 3.63) is 62.6 Å². The first-order valence-corrected chi connectivity index (χ1v) is 6.98. The van der Waals surface area contributed by atoms with Crippen molar-refractivity contribution >= 4 is 34.2 Å². The van der Waals surface area contributed by atoms with E-state index in [1.165, 1.54) is 6.07 Å². The van der Waals surface area contributed by atoms with Gasteiger partial charge in [-0.05, 0) is 18.2 Å². The molecule has 1 aromatic carbocycles. The van der Waals surface area contributed by atoms with Crippen molar-refractivity contribution < 1.29 is 17.6 Å². The Morgan fingerprint density at radius 3 is 2.48 bits per heavy atom. The standard InChI is InChI=1S/C15H6Cl2F3NO2/c16-10-3-1-2-7-4-9(14(22)23-13(7)10)12-11(17)5-8(6-21-12)15(18,19)20/h1-6H. The van der Waals surface area contributed by atoms with Gasteiger partial charge in [0.25, 0.3) is 0 Å². The van der Waals surface area contributed by atoms with Crippen LogP contribution in [0.15, 0.2) is 45.7 Å². The number of para-hydroxylation sites is 1. The van der Waals surface area contributed by atoms with Crippen LogP contribution in [0.5, 0.6) is 0 Å². The lowest BCUT2D eigenvalue weighted by Crippen LogP contribution is -2.08. The van der Waals surface area contributed by atoms with Gasteiger partial charge in [-0.25, -0.2) is 4.79 Å². The molecule has 0 saturated carbocycles. The summed E-state index contributed by atoms with van der Waals surface area (Å²) in [7, 11) is 0. The zero-order valence-electron chi connectivity index (χ0n) is 11.1. The highest BCUT2D eigenvalue weighted by Gasteiger charge is 2.32. The predicted molar refractivity (Wildman–Crippen MR) is 80.7 cm³/mol. The summed E-state index contributed by atoms with van der Waals surface area (Å²) in [6.45, 7) is 0. The highest BCUT2D eigenvalue weighted by molar-refractivity contribution is 6.35. The van der Waals surface area contributed by atoms with E-state index in [0.29, 0.717) is 17.6 Å². The minimum Gasteiger partial charge on any atom is -0.421 e. The molecule has 3 nitrogen and oxygen atoms in total. The molecule has 0 saturated heterocycles. The van der Waals surface area contributed by atoms with Gasteiger partial charge in [-0.3, -0.25) is 4.98 Å². The largest absolute Gasteiger partial charge is 0.421 e. The molecule has 0 fully saturated rings. The molecule has 3 rings (SSSR count). The molecule has 0 atom stereocenters. The van der Waals surface area contributed by atoms with E-state index in [2.05, 4.69) is 4.98 Å². The number of rotatable bonds is 1. The van der Waals surface area contributed by atoms with E-state index in [0.717, 1.165) is 0 Å². The summed E-state index contributed by atoms with van der Waals surface area (Å²) in [6, 6.07) is 6.98. The van der Waals surface area contributed by atoms with E-state index in [1.54, 1.807) is 18.2 Å². The molecule has 0 aliphatic heterocycles. The van der Waals surface area contributed by atoms with Gasteiger partial charge in [0.2, 0.25) is 0 Å². The van der Waals surface area contributed by atoms with E-state index in [-0.39, 0.29) is 26.9 Å². The number of hydrogen-bond donors (Lipinski definition) is 0. The second-order valence-electron chi connectivity index (χ2n) is 4.66. The predicted octanol–water partition coefficient (Wildman–Crippen LogP) is 5.18. The number of aromatic nitrogens is 1. The highest BCUT2D eigenvalue weighted by Crippen LogP contribution is 2.34. The Morgan fingerprint density at radius 2 is 1.83 bits per heavy atom. The molecule has 3 aromatic rings. The number of pyridine rings is 1. The minimum absolute atomic E-state index is 0.0431. The molecule has 8 heteroatoms. The van der Waals surface area contributed by atoms with Crippen molar-refractivity contribution in [2.24, 2.45) is 0 Å². The molecule has 2 aromatic heterocycles. The van der Waals surface area contributed by atoms with Gasteiger partial charge >= 0.3 is 11.8 Å². The molecule has 2 heterocycles. The van der Waals surface area contributed by atoms with E-state index in [9.17, 15) is 18.0 Å². The SMILES string of the molecule is O=c1oc2c(Cl)cccc2cc1-c1ncc(C(F)(F)F)cc1Cl. The van der Waals surface area contributed by atoms with Crippen LogP contribution in [0.1, 0.15) is 5.56 Å². The first-order chi connectivity index (χ1) is 10.8. The van der Waals surface area contributed by atoms with Gasteiger partial charge in [0.15, 0.2) is 5.58 Å². The zero-order valence-corrected chi connectivity index (χ0v) is 12.6. The molecule has 0 amide bonds. The lowest BCUT2D eigenvalue weighted by Gasteiger charge is -2.09. The molecule has 0 bridgehead atoms. The van der Waals surface area contributed by atoms with Gasteiger partial charge in [0.1, 0.15) is 0 Å². The Morgan fingerprint density at radius 1 is 1.09 bits per heavy atom. The second-order valence-corrected chi connectivity index (χ2v) is 5.47. The summed E-state index contributed by atoms with van der Waals surface area (Å²) in [5, 5.41) is 0.455. The van der Waals surface area contributed by atoms with Crippen LogP contribution in [0.2, 0.25) is 10.0 Å². The average Bonchev–Trinajstić information content (AvgIpc) is 2.47.